The van der Waals surface area contributed by atoms with Crippen LogP contribution in [0.25, 0.3) is 0 Å². The molecule has 6 rings (SSSR count). The number of likely N-dealkylation sites (tertiary alicyclic amines) is 2. The molecule has 232 valence electrons. The number of hydrogen-bond donors (Lipinski definition) is 2. The maximum Gasteiger partial charge on any atom is 0.490 e. The van der Waals surface area contributed by atoms with Gasteiger partial charge in [0.05, 0.1) is 24.9 Å². The largest absolute Gasteiger partial charge is 0.490 e. The van der Waals surface area contributed by atoms with Gasteiger partial charge >= 0.3 is 12.1 Å². The first-order valence-corrected chi connectivity index (χ1v) is 14.3. The molecule has 12 heteroatoms. The smallest absolute Gasteiger partial charge is 0.475 e. The molecule has 9 nitrogen and oxygen atoms in total. The van der Waals surface area contributed by atoms with E-state index in [2.05, 4.69) is 5.32 Å². The van der Waals surface area contributed by atoms with Crippen LogP contribution in [0, 0.1) is 18.8 Å². The Labute approximate surface area is 252 Å². The molecular formula is C32H33F3N4O5. The van der Waals surface area contributed by atoms with Crippen LogP contribution in [0.1, 0.15) is 41.3 Å². The molecule has 3 fully saturated rings. The number of rotatable bonds is 5. The van der Waals surface area contributed by atoms with Crippen molar-refractivity contribution >= 4 is 23.7 Å². The van der Waals surface area contributed by atoms with Crippen molar-refractivity contribution in [3.8, 4) is 0 Å². The average Bonchev–Trinajstić information content (AvgIpc) is 3.62. The van der Waals surface area contributed by atoms with Crippen LogP contribution in [0.15, 0.2) is 72.9 Å². The van der Waals surface area contributed by atoms with Gasteiger partial charge in [-0.3, -0.25) is 24.6 Å². The number of fused-ring (bicyclic) bond motifs is 2. The number of aliphatic carboxylic acids is 1. The molecule has 0 radical (unpaired) electrons. The number of aromatic nitrogens is 1. The molecule has 0 saturated carbocycles. The van der Waals surface area contributed by atoms with Crippen molar-refractivity contribution < 1.29 is 37.5 Å². The van der Waals surface area contributed by atoms with Gasteiger partial charge in [0.1, 0.15) is 5.54 Å². The summed E-state index contributed by atoms with van der Waals surface area (Å²) < 4.78 is 33.8. The highest BCUT2D eigenvalue weighted by Gasteiger charge is 2.69. The van der Waals surface area contributed by atoms with E-state index >= 15 is 0 Å². The number of carbonyl (C=O) groups excluding carboxylic acids is 3. The molecule has 0 bridgehead atoms. The fraction of sp³-hybridized carbons (Fsp3) is 0.375. The number of amides is 3. The van der Waals surface area contributed by atoms with E-state index in [-0.39, 0.29) is 24.3 Å². The predicted molar refractivity (Wildman–Crippen MR) is 153 cm³/mol. The van der Waals surface area contributed by atoms with E-state index in [1.54, 1.807) is 0 Å². The number of piperidine rings is 1. The normalized spacial score (nSPS) is 24.8. The van der Waals surface area contributed by atoms with Crippen LogP contribution >= 0.6 is 0 Å². The number of imide groups is 1. The zero-order valence-corrected chi connectivity index (χ0v) is 24.3. The zero-order chi connectivity index (χ0) is 31.8. The first-order chi connectivity index (χ1) is 20.8. The van der Waals surface area contributed by atoms with Crippen molar-refractivity contribution in [3.63, 3.8) is 0 Å². The van der Waals surface area contributed by atoms with Gasteiger partial charge in [-0.25, -0.2) is 4.79 Å². The number of carbonyl (C=O) groups is 4. The van der Waals surface area contributed by atoms with E-state index in [0.29, 0.717) is 19.5 Å². The van der Waals surface area contributed by atoms with Crippen LogP contribution in [0.3, 0.4) is 0 Å². The van der Waals surface area contributed by atoms with Gasteiger partial charge in [0.2, 0.25) is 17.7 Å². The molecule has 1 aromatic heterocycles. The first kappa shape index (κ1) is 31.0. The van der Waals surface area contributed by atoms with Crippen LogP contribution in [0.2, 0.25) is 0 Å². The van der Waals surface area contributed by atoms with Crippen molar-refractivity contribution in [1.29, 1.82) is 0 Å². The predicted octanol–water partition coefficient (Wildman–Crippen LogP) is 3.97. The number of hydrogen-bond acceptors (Lipinski definition) is 5. The van der Waals surface area contributed by atoms with Crippen molar-refractivity contribution in [2.75, 3.05) is 6.54 Å². The van der Waals surface area contributed by atoms with E-state index in [1.165, 1.54) is 4.90 Å². The van der Waals surface area contributed by atoms with E-state index < -0.39 is 35.6 Å². The minimum atomic E-state index is -5.08. The number of nitrogens with zero attached hydrogens (tertiary/aromatic N) is 3. The highest BCUT2D eigenvalue weighted by molar-refractivity contribution is 6.10. The molecule has 0 aliphatic carbocycles. The average molecular weight is 611 g/mol. The lowest BCUT2D eigenvalue weighted by atomic mass is 9.74. The Morgan fingerprint density at radius 3 is 2.23 bits per heavy atom. The minimum Gasteiger partial charge on any atom is -0.475 e. The molecule has 4 atom stereocenters. The van der Waals surface area contributed by atoms with Crippen LogP contribution in [0.5, 0.6) is 0 Å². The third-order valence-electron chi connectivity index (χ3n) is 8.68. The summed E-state index contributed by atoms with van der Waals surface area (Å²) in [6.45, 7) is 3.36. The Bertz CT molecular complexity index is 1560. The molecule has 3 aliphatic rings. The molecule has 4 heterocycles. The van der Waals surface area contributed by atoms with Gasteiger partial charge in [-0.15, -0.1) is 0 Å². The summed E-state index contributed by atoms with van der Waals surface area (Å²) in [6, 6.07) is 21.2. The Morgan fingerprint density at radius 2 is 1.64 bits per heavy atom. The summed E-state index contributed by atoms with van der Waals surface area (Å²) >= 11 is 0. The number of alkyl halides is 3. The summed E-state index contributed by atoms with van der Waals surface area (Å²) in [4.78, 5) is 54.3. The molecule has 2 aromatic carbocycles. The minimum absolute atomic E-state index is 0.0766. The molecule has 1 spiro atoms. The number of benzene rings is 2. The van der Waals surface area contributed by atoms with Crippen LogP contribution < -0.4 is 5.32 Å². The second-order valence-electron chi connectivity index (χ2n) is 11.5. The Balaban J connectivity index is 0.000000493. The van der Waals surface area contributed by atoms with Gasteiger partial charge in [-0.1, -0.05) is 60.2 Å². The van der Waals surface area contributed by atoms with Crippen molar-refractivity contribution in [2.45, 2.75) is 50.6 Å². The van der Waals surface area contributed by atoms with Crippen LogP contribution in [-0.2, 0) is 39.3 Å². The lowest BCUT2D eigenvalue weighted by molar-refractivity contribution is -0.192. The number of halogens is 3. The van der Waals surface area contributed by atoms with Gasteiger partial charge in [-0.05, 0) is 43.0 Å². The molecule has 3 aliphatic heterocycles. The Morgan fingerprint density at radius 1 is 0.977 bits per heavy atom. The zero-order valence-electron chi connectivity index (χ0n) is 24.3. The molecule has 44 heavy (non-hydrogen) atoms. The highest BCUT2D eigenvalue weighted by Crippen LogP contribution is 2.52. The van der Waals surface area contributed by atoms with E-state index in [4.69, 9.17) is 9.90 Å². The number of aryl methyl sites for hydroxylation is 2. The summed E-state index contributed by atoms with van der Waals surface area (Å²) in [5, 5.41) is 10.7. The third-order valence-corrected chi connectivity index (χ3v) is 8.68. The standard InChI is InChI=1S/C30H32N4O3.C2HF3O2/c1-20-11-13-22(14-12-20)26-24-25(28(36)34(27(24)35)18-21-8-4-3-5-9-21)30(31-26)15-7-17-33(29(30)37)19-23-10-6-16-32(23)2;3-2(4,5)1(6)7/h3-6,8-14,16,24-26,31H,7,15,17-19H2,1-2H3;(H,6,7)/t24-,25-,26-,30-;/m1./s1. The van der Waals surface area contributed by atoms with Crippen LogP contribution in [0.4, 0.5) is 13.2 Å². The maximum absolute atomic E-state index is 14.3. The van der Waals surface area contributed by atoms with Crippen molar-refractivity contribution in [2.24, 2.45) is 18.9 Å². The highest BCUT2D eigenvalue weighted by atomic mass is 19.4. The van der Waals surface area contributed by atoms with Gasteiger partial charge in [0.15, 0.2) is 0 Å². The summed E-state index contributed by atoms with van der Waals surface area (Å²) in [7, 11) is 1.97. The first-order valence-electron chi connectivity index (χ1n) is 14.3. The van der Waals surface area contributed by atoms with Gasteiger partial charge in [-0.2, -0.15) is 13.2 Å². The van der Waals surface area contributed by atoms with E-state index in [0.717, 1.165) is 28.8 Å². The van der Waals surface area contributed by atoms with E-state index in [1.807, 2.05) is 96.4 Å². The second kappa shape index (κ2) is 11.9. The Hall–Kier alpha value is -4.45. The van der Waals surface area contributed by atoms with Crippen molar-refractivity contribution in [1.82, 2.24) is 19.7 Å². The molecule has 0 unspecified atom stereocenters. The number of carboxylic acids is 1. The topological polar surface area (TPSA) is 112 Å². The molecule has 3 aromatic rings. The molecular weight excluding hydrogens is 577 g/mol. The Kier molecular flexibility index (Phi) is 8.39. The lowest BCUT2D eigenvalue weighted by Gasteiger charge is -2.42. The van der Waals surface area contributed by atoms with Gasteiger partial charge in [0, 0.05) is 31.5 Å². The summed E-state index contributed by atoms with van der Waals surface area (Å²) in [6.07, 6.45) is -1.80. The van der Waals surface area contributed by atoms with Crippen LogP contribution in [-0.4, -0.2) is 61.4 Å². The quantitative estimate of drug-likeness (QED) is 0.423. The summed E-state index contributed by atoms with van der Waals surface area (Å²) in [5.74, 6) is -4.60. The fourth-order valence-corrected chi connectivity index (χ4v) is 6.52. The molecule has 2 N–H and O–H groups in total. The van der Waals surface area contributed by atoms with E-state index in [9.17, 15) is 27.6 Å². The van der Waals surface area contributed by atoms with Gasteiger partial charge < -0.3 is 14.6 Å². The third kappa shape index (κ3) is 5.73. The second-order valence-corrected chi connectivity index (χ2v) is 11.5. The molecule has 3 saturated heterocycles. The number of nitrogens with one attached hydrogen (secondary N) is 1. The summed E-state index contributed by atoms with van der Waals surface area (Å²) in [5.41, 5.74) is 2.90. The fourth-order valence-electron chi connectivity index (χ4n) is 6.52. The monoisotopic (exact) mass is 610 g/mol. The maximum atomic E-state index is 14.3. The van der Waals surface area contributed by atoms with Crippen molar-refractivity contribution in [3.05, 3.63) is 95.3 Å². The lowest BCUT2D eigenvalue weighted by Crippen LogP contribution is -2.63. The molecule has 3 amide bonds. The SMILES string of the molecule is Cc1ccc([C@H]2N[C@]3(CCCN(Cc4cccn4C)C3=O)[C@H]3C(=O)N(Cc4ccccc4)C(=O)[C@@H]23)cc1.O=C(O)C(F)(F)F. The van der Waals surface area contributed by atoms with Gasteiger partial charge in [0.25, 0.3) is 0 Å². The number of carboxylic acid groups (broad SMARTS) is 1.